The van der Waals surface area contributed by atoms with E-state index in [9.17, 15) is 19.8 Å². The summed E-state index contributed by atoms with van der Waals surface area (Å²) in [4.78, 5) is 22.6. The van der Waals surface area contributed by atoms with Gasteiger partial charge in [0.1, 0.15) is 0 Å². The van der Waals surface area contributed by atoms with Crippen molar-refractivity contribution in [1.82, 2.24) is 10.0 Å². The second-order valence-corrected chi connectivity index (χ2v) is 4.75. The lowest BCUT2D eigenvalue weighted by molar-refractivity contribution is 0.0424. The molecule has 0 unspecified atom stereocenters. The van der Waals surface area contributed by atoms with Crippen molar-refractivity contribution < 1.29 is 19.8 Å². The van der Waals surface area contributed by atoms with Crippen molar-refractivity contribution in [3.05, 3.63) is 58.9 Å². The molecule has 110 valence electrons. The zero-order valence-corrected chi connectivity index (χ0v) is 11.8. The lowest BCUT2D eigenvalue weighted by atomic mass is 10.0. The van der Waals surface area contributed by atoms with E-state index in [1.165, 1.54) is 0 Å². The van der Waals surface area contributed by atoms with Crippen LogP contribution in [-0.2, 0) is 6.42 Å². The quantitative estimate of drug-likeness (QED) is 0.875. The highest BCUT2D eigenvalue weighted by Crippen LogP contribution is 2.27. The predicted octanol–water partition coefficient (Wildman–Crippen LogP) is 3.30. The molecule has 2 rings (SSSR count). The van der Waals surface area contributed by atoms with E-state index in [2.05, 4.69) is 0 Å². The molecule has 6 nitrogen and oxygen atoms in total. The second-order valence-electron chi connectivity index (χ2n) is 4.75. The molecule has 0 atom stereocenters. The molecular weight excluding hydrogens is 272 g/mol. The third-order valence-electron chi connectivity index (χ3n) is 3.30. The molecule has 0 fully saturated rings. The number of allylic oxidation sites excluding steroid dienone is 4. The summed E-state index contributed by atoms with van der Waals surface area (Å²) in [5, 5.41) is 20.0. The van der Waals surface area contributed by atoms with Gasteiger partial charge in [-0.05, 0) is 37.5 Å². The SMILES string of the molecule is CC1=CC(Cc2ccccc2)=C(C)N(C(=O)O)N1C(=O)O. The molecule has 0 aromatic heterocycles. The molecule has 1 aromatic rings. The van der Waals surface area contributed by atoms with Crippen molar-refractivity contribution in [1.29, 1.82) is 0 Å². The van der Waals surface area contributed by atoms with Gasteiger partial charge < -0.3 is 10.2 Å². The summed E-state index contributed by atoms with van der Waals surface area (Å²) >= 11 is 0. The number of amides is 2. The van der Waals surface area contributed by atoms with Crippen molar-refractivity contribution >= 4 is 12.2 Å². The van der Waals surface area contributed by atoms with Crippen LogP contribution >= 0.6 is 0 Å². The van der Waals surface area contributed by atoms with Crippen LogP contribution < -0.4 is 0 Å². The topological polar surface area (TPSA) is 81.1 Å². The zero-order valence-electron chi connectivity index (χ0n) is 11.8. The maximum absolute atomic E-state index is 11.4. The lowest BCUT2D eigenvalue weighted by Crippen LogP contribution is -2.48. The van der Waals surface area contributed by atoms with Gasteiger partial charge in [0.05, 0.1) is 0 Å². The molecule has 1 aliphatic heterocycles. The molecule has 0 saturated heterocycles. The van der Waals surface area contributed by atoms with Gasteiger partial charge in [-0.15, -0.1) is 0 Å². The van der Waals surface area contributed by atoms with Gasteiger partial charge in [0.15, 0.2) is 0 Å². The molecule has 6 heteroatoms. The van der Waals surface area contributed by atoms with Crippen LogP contribution in [0.4, 0.5) is 9.59 Å². The molecule has 0 bridgehead atoms. The molecule has 1 heterocycles. The summed E-state index contributed by atoms with van der Waals surface area (Å²) in [6.07, 6.45) is -0.408. The van der Waals surface area contributed by atoms with Crippen LogP contribution in [0, 0.1) is 0 Å². The van der Waals surface area contributed by atoms with Gasteiger partial charge in [-0.3, -0.25) is 0 Å². The van der Waals surface area contributed by atoms with Gasteiger partial charge in [-0.2, -0.15) is 10.0 Å². The molecule has 21 heavy (non-hydrogen) atoms. The van der Waals surface area contributed by atoms with E-state index >= 15 is 0 Å². The highest BCUT2D eigenvalue weighted by atomic mass is 16.4. The Morgan fingerprint density at radius 2 is 1.57 bits per heavy atom. The molecule has 0 radical (unpaired) electrons. The Kier molecular flexibility index (Phi) is 3.98. The largest absolute Gasteiger partial charge is 0.463 e. The second kappa shape index (κ2) is 5.70. The fourth-order valence-electron chi connectivity index (χ4n) is 2.32. The third-order valence-corrected chi connectivity index (χ3v) is 3.30. The van der Waals surface area contributed by atoms with Crippen molar-refractivity contribution in [2.45, 2.75) is 20.3 Å². The summed E-state index contributed by atoms with van der Waals surface area (Å²) in [6, 6.07) is 9.60. The minimum atomic E-state index is -1.33. The summed E-state index contributed by atoms with van der Waals surface area (Å²) in [6.45, 7) is 3.17. The summed E-state index contributed by atoms with van der Waals surface area (Å²) in [5.74, 6) is 0. The lowest BCUT2D eigenvalue weighted by Gasteiger charge is -2.35. The molecule has 2 N–H and O–H groups in total. The van der Waals surface area contributed by atoms with Crippen LogP contribution in [0.2, 0.25) is 0 Å². The molecule has 0 spiro atoms. The highest BCUT2D eigenvalue weighted by molar-refractivity contribution is 5.76. The fraction of sp³-hybridized carbons (Fsp3) is 0.200. The highest BCUT2D eigenvalue weighted by Gasteiger charge is 2.32. The van der Waals surface area contributed by atoms with Crippen molar-refractivity contribution in [2.75, 3.05) is 0 Å². The van der Waals surface area contributed by atoms with E-state index in [-0.39, 0.29) is 0 Å². The maximum atomic E-state index is 11.4. The minimum absolute atomic E-state index is 0.349. The molecule has 2 amide bonds. The monoisotopic (exact) mass is 288 g/mol. The van der Waals surface area contributed by atoms with E-state index in [1.807, 2.05) is 30.3 Å². The molecular formula is C15H16N2O4. The van der Waals surface area contributed by atoms with Crippen LogP contribution in [0.15, 0.2) is 53.4 Å². The summed E-state index contributed by atoms with van der Waals surface area (Å²) in [7, 11) is 0. The van der Waals surface area contributed by atoms with E-state index in [4.69, 9.17) is 0 Å². The molecule has 1 aliphatic rings. The summed E-state index contributed by atoms with van der Waals surface area (Å²) < 4.78 is 0. The van der Waals surface area contributed by atoms with Crippen LogP contribution in [-0.4, -0.2) is 32.4 Å². The Bertz CT molecular complexity index is 634. The number of hydrazine groups is 1. The normalized spacial score (nSPS) is 15.0. The Hall–Kier alpha value is -2.76. The molecule has 0 saturated carbocycles. The minimum Gasteiger partial charge on any atom is -0.463 e. The average molecular weight is 288 g/mol. The van der Waals surface area contributed by atoms with Gasteiger partial charge in [-0.1, -0.05) is 30.3 Å². The average Bonchev–Trinajstić information content (AvgIpc) is 2.42. The van der Waals surface area contributed by atoms with Gasteiger partial charge in [0.25, 0.3) is 0 Å². The van der Waals surface area contributed by atoms with Gasteiger partial charge in [0.2, 0.25) is 0 Å². The van der Waals surface area contributed by atoms with Gasteiger partial charge in [0, 0.05) is 11.4 Å². The first-order valence-corrected chi connectivity index (χ1v) is 6.40. The number of hydrogen-bond acceptors (Lipinski definition) is 2. The smallest absolute Gasteiger partial charge is 0.431 e. The first-order chi connectivity index (χ1) is 9.91. The van der Waals surface area contributed by atoms with Crippen molar-refractivity contribution in [2.24, 2.45) is 0 Å². The van der Waals surface area contributed by atoms with E-state index in [0.717, 1.165) is 21.2 Å². The van der Waals surface area contributed by atoms with Crippen molar-refractivity contribution in [3.63, 3.8) is 0 Å². The van der Waals surface area contributed by atoms with E-state index < -0.39 is 12.2 Å². The fourth-order valence-corrected chi connectivity index (χ4v) is 2.32. The number of benzene rings is 1. The van der Waals surface area contributed by atoms with E-state index in [1.54, 1.807) is 19.9 Å². The number of carboxylic acid groups (broad SMARTS) is 2. The predicted molar refractivity (Wildman–Crippen MR) is 76.3 cm³/mol. The Labute approximate surface area is 122 Å². The van der Waals surface area contributed by atoms with E-state index in [0.29, 0.717) is 17.8 Å². The Morgan fingerprint density at radius 3 is 2.10 bits per heavy atom. The number of carbonyl (C=O) groups is 2. The number of hydrogen-bond donors (Lipinski definition) is 2. The van der Waals surface area contributed by atoms with Crippen LogP contribution in [0.25, 0.3) is 0 Å². The first kappa shape index (κ1) is 14.6. The zero-order chi connectivity index (χ0) is 15.6. The van der Waals surface area contributed by atoms with Gasteiger partial charge >= 0.3 is 12.2 Å². The first-order valence-electron chi connectivity index (χ1n) is 6.40. The third kappa shape index (κ3) is 2.89. The number of rotatable bonds is 2. The Morgan fingerprint density at radius 1 is 1.00 bits per heavy atom. The van der Waals surface area contributed by atoms with Gasteiger partial charge in [-0.25, -0.2) is 9.59 Å². The van der Waals surface area contributed by atoms with Crippen LogP contribution in [0.1, 0.15) is 19.4 Å². The maximum Gasteiger partial charge on any atom is 0.431 e. The van der Waals surface area contributed by atoms with Crippen LogP contribution in [0.3, 0.4) is 0 Å². The van der Waals surface area contributed by atoms with Crippen LogP contribution in [0.5, 0.6) is 0 Å². The molecule has 0 aliphatic carbocycles. The Balaban J connectivity index is 2.41. The number of nitrogens with zero attached hydrogens (tertiary/aromatic N) is 2. The molecule has 1 aromatic carbocycles. The standard InChI is InChI=1S/C15H16N2O4/c1-10-8-13(9-12-6-4-3-5-7-12)11(2)17(15(20)21)16(10)14(18)19/h3-8H,9H2,1-2H3,(H,18,19)(H,20,21). The summed E-state index contributed by atoms with van der Waals surface area (Å²) in [5.41, 5.74) is 2.55. The van der Waals surface area contributed by atoms with Crippen molar-refractivity contribution in [3.8, 4) is 0 Å².